The zero-order valence-corrected chi connectivity index (χ0v) is 13.8. The third-order valence-corrected chi connectivity index (χ3v) is 4.19. The molecule has 0 unspecified atom stereocenters. The Morgan fingerprint density at radius 2 is 1.88 bits per heavy atom. The Kier molecular flexibility index (Phi) is 4.15. The second-order valence-electron chi connectivity index (χ2n) is 6.89. The number of hydrogen-bond donors (Lipinski definition) is 1. The van der Waals surface area contributed by atoms with E-state index in [4.69, 9.17) is 5.84 Å². The van der Waals surface area contributed by atoms with Gasteiger partial charge in [0.1, 0.15) is 0 Å². The van der Waals surface area contributed by atoms with Crippen molar-refractivity contribution in [2.24, 2.45) is 11.3 Å². The van der Waals surface area contributed by atoms with Gasteiger partial charge in [-0.1, -0.05) is 38.1 Å². The molecule has 0 radical (unpaired) electrons. The number of nitrogens with two attached hydrogens (primary N) is 1. The fraction of sp³-hybridized carbons (Fsp3) is 0.333. The molecule has 6 nitrogen and oxygen atoms in total. The van der Waals surface area contributed by atoms with Crippen LogP contribution in [0.15, 0.2) is 42.1 Å². The van der Waals surface area contributed by atoms with Gasteiger partial charge < -0.3 is 0 Å². The number of allylic oxidation sites excluding steroid dienone is 1. The quantitative estimate of drug-likeness (QED) is 0.403. The van der Waals surface area contributed by atoms with Crippen molar-refractivity contribution in [3.8, 4) is 0 Å². The molecule has 2 N–H and O–H groups in total. The summed E-state index contributed by atoms with van der Waals surface area (Å²) in [6.07, 6.45) is 4.03. The Morgan fingerprint density at radius 3 is 2.58 bits per heavy atom. The second-order valence-corrected chi connectivity index (χ2v) is 6.89. The average molecular weight is 324 g/mol. The zero-order valence-electron chi connectivity index (χ0n) is 13.8. The van der Waals surface area contributed by atoms with E-state index < -0.39 is 0 Å². The molecule has 124 valence electrons. The van der Waals surface area contributed by atoms with Crippen LogP contribution in [0.4, 0.5) is 5.82 Å². The molecule has 2 aromatic rings. The summed E-state index contributed by atoms with van der Waals surface area (Å²) in [7, 11) is 0. The van der Waals surface area contributed by atoms with Gasteiger partial charge in [-0.15, -0.1) is 5.10 Å². The predicted molar refractivity (Wildman–Crippen MR) is 92.2 cm³/mol. The first-order valence-electron chi connectivity index (χ1n) is 7.87. The molecule has 1 heterocycles. The normalized spacial score (nSPS) is 17.2. The summed E-state index contributed by atoms with van der Waals surface area (Å²) in [5.74, 6) is 6.37. The first-order chi connectivity index (χ1) is 11.4. The van der Waals surface area contributed by atoms with Crippen molar-refractivity contribution < 1.29 is 9.59 Å². The summed E-state index contributed by atoms with van der Waals surface area (Å²) in [5.41, 5.74) is -0.0207. The number of Topliss-reactive ketones (excluding diaryl/α,β-unsaturated/α-hetero) is 2. The number of benzene rings is 1. The smallest absolute Gasteiger partial charge is 0.173 e. The van der Waals surface area contributed by atoms with E-state index in [1.54, 1.807) is 12.3 Å². The molecule has 6 heteroatoms. The molecule has 0 saturated heterocycles. The van der Waals surface area contributed by atoms with Crippen LogP contribution in [0.2, 0.25) is 0 Å². The van der Waals surface area contributed by atoms with Gasteiger partial charge >= 0.3 is 0 Å². The minimum atomic E-state index is -0.269. The number of nitrogens with zero attached hydrogens (tertiary/aromatic N) is 3. The molecule has 0 aliphatic heterocycles. The van der Waals surface area contributed by atoms with E-state index in [0.717, 1.165) is 10.8 Å². The van der Waals surface area contributed by atoms with Crippen LogP contribution in [0, 0.1) is 5.41 Å². The summed E-state index contributed by atoms with van der Waals surface area (Å²) in [6, 6.07) is 7.65. The van der Waals surface area contributed by atoms with Gasteiger partial charge in [0.2, 0.25) is 0 Å². The average Bonchev–Trinajstić information content (AvgIpc) is 2.52. The summed E-state index contributed by atoms with van der Waals surface area (Å²) in [6.45, 7) is 4.08. The Labute approximate surface area is 140 Å². The van der Waals surface area contributed by atoms with E-state index in [1.165, 1.54) is 5.01 Å². The van der Waals surface area contributed by atoms with Gasteiger partial charge in [-0.2, -0.15) is 5.10 Å². The van der Waals surface area contributed by atoms with E-state index in [-0.39, 0.29) is 29.1 Å². The van der Waals surface area contributed by atoms with Crippen molar-refractivity contribution in [3.05, 3.63) is 42.1 Å². The lowest BCUT2D eigenvalue weighted by atomic mass is 9.74. The largest absolute Gasteiger partial charge is 0.294 e. The molecule has 1 aliphatic carbocycles. The second kappa shape index (κ2) is 6.13. The molecule has 1 aromatic carbocycles. The van der Waals surface area contributed by atoms with Gasteiger partial charge in [-0.3, -0.25) is 14.6 Å². The minimum Gasteiger partial charge on any atom is -0.294 e. The molecule has 0 atom stereocenters. The Hall–Kier alpha value is -2.60. The molecule has 1 aromatic heterocycles. The Morgan fingerprint density at radius 1 is 1.21 bits per heavy atom. The van der Waals surface area contributed by atoms with Crippen LogP contribution in [-0.4, -0.2) is 28.3 Å². The zero-order chi connectivity index (χ0) is 17.3. The predicted octanol–water partition coefficient (Wildman–Crippen LogP) is 2.19. The molecule has 1 aliphatic rings. The third kappa shape index (κ3) is 3.19. The number of rotatable bonds is 3. The molecule has 24 heavy (non-hydrogen) atoms. The maximum Gasteiger partial charge on any atom is 0.173 e. The highest BCUT2D eigenvalue weighted by Gasteiger charge is 2.35. The lowest BCUT2D eigenvalue weighted by molar-refractivity contribution is -0.127. The maximum absolute atomic E-state index is 12.2. The van der Waals surface area contributed by atoms with Crippen molar-refractivity contribution >= 4 is 28.2 Å². The number of hydrogen-bond acceptors (Lipinski definition) is 6. The number of anilines is 1. The number of aromatic nitrogens is 2. The third-order valence-electron chi connectivity index (χ3n) is 4.19. The maximum atomic E-state index is 12.2. The van der Waals surface area contributed by atoms with Crippen LogP contribution in [0.25, 0.3) is 10.8 Å². The van der Waals surface area contributed by atoms with Crippen molar-refractivity contribution in [3.63, 3.8) is 0 Å². The van der Waals surface area contributed by atoms with Crippen molar-refractivity contribution in [1.29, 1.82) is 0 Å². The number of ketones is 2. The van der Waals surface area contributed by atoms with E-state index in [1.807, 2.05) is 38.1 Å². The summed E-state index contributed by atoms with van der Waals surface area (Å²) < 4.78 is 0. The topological polar surface area (TPSA) is 89.2 Å². The molecule has 0 spiro atoms. The fourth-order valence-corrected chi connectivity index (χ4v) is 3.01. The summed E-state index contributed by atoms with van der Waals surface area (Å²) in [4.78, 5) is 24.4. The monoisotopic (exact) mass is 324 g/mol. The fourth-order valence-electron chi connectivity index (χ4n) is 3.01. The van der Waals surface area contributed by atoms with Gasteiger partial charge in [0.15, 0.2) is 17.4 Å². The number of carbonyl (C=O) groups is 2. The number of hydrazine groups is 1. The standard InChI is InChI=1S/C18H20N4O2/c1-18(2)9-15(23)14(16(24)10-18)7-8-22(19)17-13-6-4-3-5-12(13)11-20-21-17/h3-7,11H,8-10,19H2,1-2H3. The molecular weight excluding hydrogens is 304 g/mol. The lowest BCUT2D eigenvalue weighted by Gasteiger charge is -2.28. The van der Waals surface area contributed by atoms with Crippen molar-refractivity contribution in [1.82, 2.24) is 10.2 Å². The van der Waals surface area contributed by atoms with Gasteiger partial charge in [0.25, 0.3) is 0 Å². The van der Waals surface area contributed by atoms with Crippen LogP contribution >= 0.6 is 0 Å². The van der Waals surface area contributed by atoms with E-state index in [2.05, 4.69) is 10.2 Å². The van der Waals surface area contributed by atoms with Crippen molar-refractivity contribution in [2.45, 2.75) is 26.7 Å². The molecule has 1 fully saturated rings. The lowest BCUT2D eigenvalue weighted by Crippen LogP contribution is -2.35. The molecule has 1 saturated carbocycles. The van der Waals surface area contributed by atoms with Gasteiger partial charge in [0, 0.05) is 23.6 Å². The van der Waals surface area contributed by atoms with Crippen LogP contribution in [0.3, 0.4) is 0 Å². The highest BCUT2D eigenvalue weighted by atomic mass is 16.1. The van der Waals surface area contributed by atoms with E-state index >= 15 is 0 Å². The highest BCUT2D eigenvalue weighted by molar-refractivity contribution is 6.22. The Balaban J connectivity index is 1.83. The van der Waals surface area contributed by atoms with E-state index in [9.17, 15) is 9.59 Å². The van der Waals surface area contributed by atoms with Gasteiger partial charge in [0.05, 0.1) is 18.3 Å². The van der Waals surface area contributed by atoms with E-state index in [0.29, 0.717) is 18.7 Å². The Bertz CT molecular complexity index is 815. The number of fused-ring (bicyclic) bond motifs is 1. The minimum absolute atomic E-state index is 0.117. The first kappa shape index (κ1) is 16.3. The van der Waals surface area contributed by atoms with Crippen LogP contribution in [0.1, 0.15) is 26.7 Å². The molecule has 0 amide bonds. The highest BCUT2D eigenvalue weighted by Crippen LogP contribution is 2.33. The summed E-state index contributed by atoms with van der Waals surface area (Å²) >= 11 is 0. The van der Waals surface area contributed by atoms with Crippen molar-refractivity contribution in [2.75, 3.05) is 11.6 Å². The molecule has 0 bridgehead atoms. The van der Waals surface area contributed by atoms with Gasteiger partial charge in [-0.05, 0) is 11.5 Å². The van der Waals surface area contributed by atoms with Crippen LogP contribution in [-0.2, 0) is 9.59 Å². The summed E-state index contributed by atoms with van der Waals surface area (Å²) in [5, 5.41) is 11.2. The first-order valence-corrected chi connectivity index (χ1v) is 7.87. The molecule has 3 rings (SSSR count). The molecular formula is C18H20N4O2. The van der Waals surface area contributed by atoms with Gasteiger partial charge in [-0.25, -0.2) is 5.84 Å². The SMILES string of the molecule is CC1(C)CC(=O)C(=CCN(N)c2nncc3ccccc23)C(=O)C1. The number of carbonyl (C=O) groups excluding carboxylic acids is 2. The van der Waals surface area contributed by atoms with Crippen LogP contribution < -0.4 is 10.9 Å². The van der Waals surface area contributed by atoms with Crippen LogP contribution in [0.5, 0.6) is 0 Å².